The van der Waals surface area contributed by atoms with Gasteiger partial charge in [0.1, 0.15) is 6.04 Å². The molecule has 2 rings (SSSR count). The summed E-state index contributed by atoms with van der Waals surface area (Å²) in [5.41, 5.74) is 0. The van der Waals surface area contributed by atoms with Gasteiger partial charge < -0.3 is 9.84 Å². The summed E-state index contributed by atoms with van der Waals surface area (Å²) >= 11 is 1.78. The maximum Gasteiger partial charge on any atom is 0.320 e. The number of hydrogen-bond acceptors (Lipinski definition) is 4. The van der Waals surface area contributed by atoms with Gasteiger partial charge in [-0.25, -0.2) is 0 Å². The van der Waals surface area contributed by atoms with E-state index in [4.69, 9.17) is 9.84 Å². The molecule has 0 amide bonds. The van der Waals surface area contributed by atoms with E-state index in [1.165, 1.54) is 0 Å². The SMILES string of the molecule is CC1CCC(C2NC(C(=O)O)CCS2)O1. The number of nitrogens with one attached hydrogen (secondary N) is 1. The number of ether oxygens (including phenoxy) is 1. The summed E-state index contributed by atoms with van der Waals surface area (Å²) in [5, 5.41) is 12.2. The first-order chi connectivity index (χ1) is 7.16. The fourth-order valence-corrected chi connectivity index (χ4v) is 3.41. The predicted octanol–water partition coefficient (Wildman–Crippen LogP) is 1.06. The van der Waals surface area contributed by atoms with Crippen LogP contribution in [0.15, 0.2) is 0 Å². The molecule has 86 valence electrons. The quantitative estimate of drug-likeness (QED) is 0.744. The smallest absolute Gasteiger partial charge is 0.320 e. The Hall–Kier alpha value is -0.260. The predicted molar refractivity (Wildman–Crippen MR) is 59.0 cm³/mol. The molecule has 2 saturated heterocycles. The Kier molecular flexibility index (Phi) is 3.53. The molecule has 4 unspecified atom stereocenters. The van der Waals surface area contributed by atoms with Crippen molar-refractivity contribution in [3.63, 3.8) is 0 Å². The summed E-state index contributed by atoms with van der Waals surface area (Å²) in [6.45, 7) is 2.07. The normalized spacial score (nSPS) is 41.7. The van der Waals surface area contributed by atoms with Crippen molar-refractivity contribution in [2.45, 2.75) is 49.8 Å². The van der Waals surface area contributed by atoms with Crippen molar-refractivity contribution < 1.29 is 14.6 Å². The third-order valence-electron chi connectivity index (χ3n) is 2.97. The molecule has 2 aliphatic rings. The number of carboxylic acid groups (broad SMARTS) is 1. The molecule has 4 atom stereocenters. The monoisotopic (exact) mass is 231 g/mol. The van der Waals surface area contributed by atoms with Gasteiger partial charge in [0.25, 0.3) is 0 Å². The molecule has 0 bridgehead atoms. The van der Waals surface area contributed by atoms with Gasteiger partial charge >= 0.3 is 5.97 Å². The molecule has 0 spiro atoms. The zero-order valence-corrected chi connectivity index (χ0v) is 9.63. The Morgan fingerprint density at radius 3 is 2.87 bits per heavy atom. The van der Waals surface area contributed by atoms with Gasteiger partial charge in [-0.05, 0) is 31.9 Å². The van der Waals surface area contributed by atoms with Crippen LogP contribution in [0.1, 0.15) is 26.2 Å². The molecule has 15 heavy (non-hydrogen) atoms. The molecule has 2 heterocycles. The second-order valence-corrected chi connectivity index (χ2v) is 5.45. The second kappa shape index (κ2) is 4.72. The lowest BCUT2D eigenvalue weighted by Crippen LogP contribution is -2.50. The van der Waals surface area contributed by atoms with Crippen LogP contribution < -0.4 is 5.32 Å². The van der Waals surface area contributed by atoms with Gasteiger partial charge in [0.2, 0.25) is 0 Å². The maximum atomic E-state index is 10.9. The lowest BCUT2D eigenvalue weighted by molar-refractivity contribution is -0.139. The van der Waals surface area contributed by atoms with E-state index in [0.717, 1.165) is 18.6 Å². The van der Waals surface area contributed by atoms with Gasteiger partial charge in [0, 0.05) is 0 Å². The highest BCUT2D eigenvalue weighted by molar-refractivity contribution is 7.99. The van der Waals surface area contributed by atoms with Crippen LogP contribution in [-0.2, 0) is 9.53 Å². The first-order valence-electron chi connectivity index (χ1n) is 5.42. The Morgan fingerprint density at radius 2 is 2.27 bits per heavy atom. The first-order valence-corrected chi connectivity index (χ1v) is 6.47. The van der Waals surface area contributed by atoms with Gasteiger partial charge in [-0.1, -0.05) is 0 Å². The van der Waals surface area contributed by atoms with E-state index in [0.29, 0.717) is 12.5 Å². The first kappa shape index (κ1) is 11.2. The van der Waals surface area contributed by atoms with Crippen molar-refractivity contribution >= 4 is 17.7 Å². The highest BCUT2D eigenvalue weighted by atomic mass is 32.2. The van der Waals surface area contributed by atoms with E-state index >= 15 is 0 Å². The van der Waals surface area contributed by atoms with Crippen molar-refractivity contribution in [2.24, 2.45) is 0 Å². The third kappa shape index (κ3) is 2.65. The van der Waals surface area contributed by atoms with Crippen molar-refractivity contribution in [1.29, 1.82) is 0 Å². The van der Waals surface area contributed by atoms with Crippen LogP contribution in [0.4, 0.5) is 0 Å². The molecule has 5 heteroatoms. The minimum atomic E-state index is -0.744. The Bertz CT molecular complexity index is 249. The molecule has 0 radical (unpaired) electrons. The molecule has 0 saturated carbocycles. The summed E-state index contributed by atoms with van der Waals surface area (Å²) in [7, 11) is 0. The molecule has 2 aliphatic heterocycles. The van der Waals surface area contributed by atoms with Crippen LogP contribution in [0.5, 0.6) is 0 Å². The number of rotatable bonds is 2. The summed E-state index contributed by atoms with van der Waals surface area (Å²) in [4.78, 5) is 10.9. The number of carbonyl (C=O) groups is 1. The van der Waals surface area contributed by atoms with Crippen LogP contribution in [-0.4, -0.2) is 40.5 Å². The average Bonchev–Trinajstić information content (AvgIpc) is 2.65. The van der Waals surface area contributed by atoms with E-state index in [2.05, 4.69) is 12.2 Å². The average molecular weight is 231 g/mol. The highest BCUT2D eigenvalue weighted by Crippen LogP contribution is 2.30. The maximum absolute atomic E-state index is 10.9. The van der Waals surface area contributed by atoms with Gasteiger partial charge in [0.05, 0.1) is 17.6 Å². The number of carboxylic acids is 1. The minimum Gasteiger partial charge on any atom is -0.480 e. The summed E-state index contributed by atoms with van der Waals surface area (Å²) < 4.78 is 5.75. The molecule has 4 nitrogen and oxygen atoms in total. The van der Waals surface area contributed by atoms with Gasteiger partial charge in [0.15, 0.2) is 0 Å². The van der Waals surface area contributed by atoms with Crippen molar-refractivity contribution in [1.82, 2.24) is 5.32 Å². The molecule has 0 aromatic rings. The van der Waals surface area contributed by atoms with Crippen molar-refractivity contribution in [3.8, 4) is 0 Å². The highest BCUT2D eigenvalue weighted by Gasteiger charge is 2.35. The molecule has 2 N–H and O–H groups in total. The van der Waals surface area contributed by atoms with Crippen LogP contribution in [0.25, 0.3) is 0 Å². The van der Waals surface area contributed by atoms with Crippen LogP contribution in [0.2, 0.25) is 0 Å². The van der Waals surface area contributed by atoms with E-state index in [-0.39, 0.29) is 11.5 Å². The summed E-state index contributed by atoms with van der Waals surface area (Å²) in [5.74, 6) is 0.162. The Labute approximate surface area is 93.8 Å². The molecular formula is C10H17NO3S. The fraction of sp³-hybridized carbons (Fsp3) is 0.900. The van der Waals surface area contributed by atoms with E-state index in [1.807, 2.05) is 0 Å². The third-order valence-corrected chi connectivity index (χ3v) is 4.24. The Balaban J connectivity index is 1.90. The minimum absolute atomic E-state index is 0.157. The molecule has 0 aromatic heterocycles. The molecule has 0 aliphatic carbocycles. The van der Waals surface area contributed by atoms with Crippen molar-refractivity contribution in [2.75, 3.05) is 5.75 Å². The van der Waals surface area contributed by atoms with Crippen LogP contribution in [0.3, 0.4) is 0 Å². The van der Waals surface area contributed by atoms with Gasteiger partial charge in [-0.3, -0.25) is 10.1 Å². The topological polar surface area (TPSA) is 58.6 Å². The summed E-state index contributed by atoms with van der Waals surface area (Å²) in [6.07, 6.45) is 3.34. The zero-order chi connectivity index (χ0) is 10.8. The molecule has 0 aromatic carbocycles. The summed E-state index contributed by atoms with van der Waals surface area (Å²) in [6, 6.07) is -0.393. The lowest BCUT2D eigenvalue weighted by atomic mass is 10.1. The lowest BCUT2D eigenvalue weighted by Gasteiger charge is -2.31. The van der Waals surface area contributed by atoms with Crippen LogP contribution >= 0.6 is 11.8 Å². The van der Waals surface area contributed by atoms with Gasteiger partial charge in [-0.15, -0.1) is 11.8 Å². The zero-order valence-electron chi connectivity index (χ0n) is 8.81. The standard InChI is InChI=1S/C10H17NO3S/c1-6-2-3-8(14-6)9-11-7(10(12)13)4-5-15-9/h6-9,11H,2-5H2,1H3,(H,12,13). The number of aliphatic carboxylic acids is 1. The fourth-order valence-electron chi connectivity index (χ4n) is 2.11. The van der Waals surface area contributed by atoms with Crippen molar-refractivity contribution in [3.05, 3.63) is 0 Å². The molecule has 2 fully saturated rings. The molecular weight excluding hydrogens is 214 g/mol. The Morgan fingerprint density at radius 1 is 1.47 bits per heavy atom. The van der Waals surface area contributed by atoms with E-state index in [1.54, 1.807) is 11.8 Å². The number of thioether (sulfide) groups is 1. The van der Waals surface area contributed by atoms with E-state index in [9.17, 15) is 4.79 Å². The van der Waals surface area contributed by atoms with E-state index < -0.39 is 12.0 Å². The van der Waals surface area contributed by atoms with Crippen LogP contribution in [0, 0.1) is 0 Å². The second-order valence-electron chi connectivity index (χ2n) is 4.20. The number of hydrogen-bond donors (Lipinski definition) is 2. The van der Waals surface area contributed by atoms with Gasteiger partial charge in [-0.2, -0.15) is 0 Å². The largest absolute Gasteiger partial charge is 0.480 e.